The minimum atomic E-state index is -0.235. The third-order valence-electron chi connectivity index (χ3n) is 4.71. The van der Waals surface area contributed by atoms with Crippen LogP contribution in [0, 0.1) is 5.41 Å². The fourth-order valence-electron chi connectivity index (χ4n) is 2.96. The lowest BCUT2D eigenvalue weighted by Gasteiger charge is -2.34. The minimum Gasteiger partial charge on any atom is -0.351 e. The van der Waals surface area contributed by atoms with E-state index in [-0.39, 0.29) is 17.2 Å². The lowest BCUT2D eigenvalue weighted by atomic mass is 9.81. The van der Waals surface area contributed by atoms with Gasteiger partial charge in [0.05, 0.1) is 15.6 Å². The first-order chi connectivity index (χ1) is 12.5. The number of amides is 2. The molecule has 0 bridgehead atoms. The van der Waals surface area contributed by atoms with E-state index in [0.717, 1.165) is 25.9 Å². The van der Waals surface area contributed by atoms with Crippen molar-refractivity contribution in [3.8, 4) is 0 Å². The van der Waals surface area contributed by atoms with Crippen LogP contribution >= 0.6 is 22.9 Å². The Morgan fingerprint density at radius 3 is 2.69 bits per heavy atom. The maximum Gasteiger partial charge on any atom is 0.265 e. The topological polar surface area (TPSA) is 70.2 Å². The molecular formula is C19H22ClN3O2S. The molecule has 1 aliphatic rings. The molecule has 0 spiro atoms. The molecule has 7 heteroatoms. The van der Waals surface area contributed by atoms with Crippen LogP contribution in [0.15, 0.2) is 35.7 Å². The second kappa shape index (κ2) is 8.20. The SMILES string of the molecule is CC1(CNC(=O)c2ccc(Cl)c(NC(=O)c3cccs3)c2)CCNCC1. The lowest BCUT2D eigenvalue weighted by Crippen LogP contribution is -2.42. The van der Waals surface area contributed by atoms with Gasteiger partial charge < -0.3 is 16.0 Å². The summed E-state index contributed by atoms with van der Waals surface area (Å²) >= 11 is 7.53. The molecule has 0 aliphatic carbocycles. The number of carbonyl (C=O) groups is 2. The number of thiophene rings is 1. The third-order valence-corrected chi connectivity index (χ3v) is 5.91. The summed E-state index contributed by atoms with van der Waals surface area (Å²) in [4.78, 5) is 25.3. The first kappa shape index (κ1) is 18.9. The molecule has 5 nitrogen and oxygen atoms in total. The molecule has 26 heavy (non-hydrogen) atoms. The summed E-state index contributed by atoms with van der Waals surface area (Å²) in [6, 6.07) is 8.47. The predicted molar refractivity (Wildman–Crippen MR) is 106 cm³/mol. The van der Waals surface area contributed by atoms with Gasteiger partial charge >= 0.3 is 0 Å². The Kier molecular flexibility index (Phi) is 5.96. The van der Waals surface area contributed by atoms with E-state index < -0.39 is 0 Å². The van der Waals surface area contributed by atoms with Crippen LogP contribution in [-0.4, -0.2) is 31.4 Å². The lowest BCUT2D eigenvalue weighted by molar-refractivity contribution is 0.0921. The van der Waals surface area contributed by atoms with Gasteiger partial charge in [-0.2, -0.15) is 0 Å². The van der Waals surface area contributed by atoms with Gasteiger partial charge in [0.15, 0.2) is 0 Å². The van der Waals surface area contributed by atoms with Crippen molar-refractivity contribution in [3.05, 3.63) is 51.2 Å². The Bertz CT molecular complexity index is 786. The number of piperidine rings is 1. The van der Waals surface area contributed by atoms with Gasteiger partial charge in [0.1, 0.15) is 0 Å². The molecule has 1 aromatic heterocycles. The minimum absolute atomic E-state index is 0.115. The molecule has 2 amide bonds. The van der Waals surface area contributed by atoms with Crippen LogP contribution in [0.5, 0.6) is 0 Å². The Morgan fingerprint density at radius 2 is 2.00 bits per heavy atom. The summed E-state index contributed by atoms with van der Waals surface area (Å²) in [5.74, 6) is -0.394. The fourth-order valence-corrected chi connectivity index (χ4v) is 3.74. The predicted octanol–water partition coefficient (Wildman–Crippen LogP) is 3.77. The molecule has 2 heterocycles. The van der Waals surface area contributed by atoms with E-state index in [9.17, 15) is 9.59 Å². The smallest absolute Gasteiger partial charge is 0.265 e. The highest BCUT2D eigenvalue weighted by molar-refractivity contribution is 7.12. The Labute approximate surface area is 162 Å². The zero-order chi connectivity index (χ0) is 18.6. The summed E-state index contributed by atoms with van der Waals surface area (Å²) in [6.45, 7) is 4.79. The summed E-state index contributed by atoms with van der Waals surface area (Å²) in [6.07, 6.45) is 2.08. The summed E-state index contributed by atoms with van der Waals surface area (Å²) in [5.41, 5.74) is 1.03. The van der Waals surface area contributed by atoms with Crippen molar-refractivity contribution in [2.24, 2.45) is 5.41 Å². The highest BCUT2D eigenvalue weighted by Crippen LogP contribution is 2.27. The van der Waals surface area contributed by atoms with E-state index in [1.807, 2.05) is 11.4 Å². The van der Waals surface area contributed by atoms with Crippen LogP contribution in [-0.2, 0) is 0 Å². The van der Waals surface area contributed by atoms with Crippen LogP contribution in [0.1, 0.15) is 39.8 Å². The highest BCUT2D eigenvalue weighted by atomic mass is 35.5. The normalized spacial score (nSPS) is 16.1. The molecule has 0 saturated carbocycles. The Hall–Kier alpha value is -1.89. The molecule has 3 N–H and O–H groups in total. The zero-order valence-corrected chi connectivity index (χ0v) is 16.2. The zero-order valence-electron chi connectivity index (χ0n) is 14.6. The van der Waals surface area contributed by atoms with Crippen LogP contribution < -0.4 is 16.0 Å². The average molecular weight is 392 g/mol. The number of carbonyl (C=O) groups excluding carboxylic acids is 2. The molecule has 2 aromatic rings. The second-order valence-corrected chi connectivity index (χ2v) is 8.22. The summed E-state index contributed by atoms with van der Waals surface area (Å²) in [5, 5.41) is 11.4. The van der Waals surface area contributed by atoms with Gasteiger partial charge in [-0.3, -0.25) is 9.59 Å². The van der Waals surface area contributed by atoms with E-state index in [2.05, 4.69) is 22.9 Å². The number of hydrogen-bond acceptors (Lipinski definition) is 4. The number of benzene rings is 1. The summed E-state index contributed by atoms with van der Waals surface area (Å²) in [7, 11) is 0. The number of rotatable bonds is 5. The number of hydrogen-bond donors (Lipinski definition) is 3. The first-order valence-electron chi connectivity index (χ1n) is 8.60. The standard InChI is InChI=1S/C19H22ClN3O2S/c1-19(6-8-21-9-7-19)12-22-17(24)13-4-5-14(20)15(11-13)23-18(25)16-3-2-10-26-16/h2-5,10-11,21H,6-9,12H2,1H3,(H,22,24)(H,23,25). The van der Waals surface area contributed by atoms with E-state index in [4.69, 9.17) is 11.6 Å². The Morgan fingerprint density at radius 1 is 1.23 bits per heavy atom. The molecule has 3 rings (SSSR count). The van der Waals surface area contributed by atoms with Crippen molar-refractivity contribution in [3.63, 3.8) is 0 Å². The number of halogens is 1. The van der Waals surface area contributed by atoms with E-state index in [1.54, 1.807) is 24.3 Å². The highest BCUT2D eigenvalue weighted by Gasteiger charge is 2.27. The average Bonchev–Trinajstić information content (AvgIpc) is 3.17. The maximum atomic E-state index is 12.5. The molecule has 0 unspecified atom stereocenters. The van der Waals surface area contributed by atoms with Crippen LogP contribution in [0.25, 0.3) is 0 Å². The molecule has 1 aromatic carbocycles. The Balaban J connectivity index is 1.66. The van der Waals surface area contributed by atoms with Crippen LogP contribution in [0.3, 0.4) is 0 Å². The van der Waals surface area contributed by atoms with Gasteiger partial charge in [-0.1, -0.05) is 24.6 Å². The number of nitrogens with one attached hydrogen (secondary N) is 3. The molecule has 1 aliphatic heterocycles. The molecular weight excluding hydrogens is 370 g/mol. The van der Waals surface area contributed by atoms with Gasteiger partial charge in [-0.25, -0.2) is 0 Å². The van der Waals surface area contributed by atoms with E-state index in [1.165, 1.54) is 11.3 Å². The van der Waals surface area contributed by atoms with Crippen LogP contribution in [0.2, 0.25) is 5.02 Å². The second-order valence-electron chi connectivity index (χ2n) is 6.87. The third kappa shape index (κ3) is 4.63. The van der Waals surface area contributed by atoms with Gasteiger partial charge in [-0.15, -0.1) is 11.3 Å². The van der Waals surface area contributed by atoms with Crippen molar-refractivity contribution in [1.82, 2.24) is 10.6 Å². The molecule has 1 saturated heterocycles. The molecule has 138 valence electrons. The van der Waals surface area contributed by atoms with Crippen molar-refractivity contribution < 1.29 is 9.59 Å². The largest absolute Gasteiger partial charge is 0.351 e. The van der Waals surface area contributed by atoms with Gasteiger partial charge in [-0.05, 0) is 61.0 Å². The molecule has 0 radical (unpaired) electrons. The van der Waals surface area contributed by atoms with Crippen molar-refractivity contribution >= 4 is 40.4 Å². The van der Waals surface area contributed by atoms with E-state index in [0.29, 0.717) is 27.7 Å². The van der Waals surface area contributed by atoms with Gasteiger partial charge in [0.25, 0.3) is 11.8 Å². The molecule has 1 fully saturated rings. The van der Waals surface area contributed by atoms with Crippen molar-refractivity contribution in [2.45, 2.75) is 19.8 Å². The van der Waals surface area contributed by atoms with Crippen LogP contribution in [0.4, 0.5) is 5.69 Å². The monoisotopic (exact) mass is 391 g/mol. The van der Waals surface area contributed by atoms with E-state index >= 15 is 0 Å². The maximum absolute atomic E-state index is 12.5. The van der Waals surface area contributed by atoms with Crippen molar-refractivity contribution in [1.29, 1.82) is 0 Å². The van der Waals surface area contributed by atoms with Gasteiger partial charge in [0, 0.05) is 12.1 Å². The van der Waals surface area contributed by atoms with Crippen molar-refractivity contribution in [2.75, 3.05) is 25.0 Å². The first-order valence-corrected chi connectivity index (χ1v) is 9.86. The van der Waals surface area contributed by atoms with Gasteiger partial charge in [0.2, 0.25) is 0 Å². The molecule has 0 atom stereocenters. The summed E-state index contributed by atoms with van der Waals surface area (Å²) < 4.78 is 0. The fraction of sp³-hybridized carbons (Fsp3) is 0.368. The quantitative estimate of drug-likeness (QED) is 0.726. The number of anilines is 1.